The molecule has 0 aliphatic rings. The lowest BCUT2D eigenvalue weighted by molar-refractivity contribution is 0.100. The number of rotatable bonds is 2. The first-order valence-corrected chi connectivity index (χ1v) is 6.71. The van der Waals surface area contributed by atoms with Crippen LogP contribution in [-0.4, -0.2) is 25.8 Å². The number of imidazole rings is 1. The molecule has 0 aliphatic carbocycles. The van der Waals surface area contributed by atoms with E-state index in [9.17, 15) is 4.79 Å². The number of amides is 1. The molecule has 6 heteroatoms. The number of nitrogens with zero attached hydrogens (tertiary/aromatic N) is 3. The minimum atomic E-state index is -0.497. The first-order chi connectivity index (χ1) is 10.8. The Morgan fingerprint density at radius 3 is 2.77 bits per heavy atom. The van der Waals surface area contributed by atoms with Gasteiger partial charge in [-0.15, -0.1) is 0 Å². The number of aromatic amines is 1. The molecule has 0 atom stereocenters. The Labute approximate surface area is 125 Å². The smallest absolute Gasteiger partial charge is 0.249 e. The van der Waals surface area contributed by atoms with Gasteiger partial charge in [-0.3, -0.25) is 4.79 Å². The maximum atomic E-state index is 11.9. The number of benzene rings is 2. The maximum Gasteiger partial charge on any atom is 0.249 e. The normalized spacial score (nSPS) is 11.1. The van der Waals surface area contributed by atoms with Crippen molar-refractivity contribution in [3.05, 3.63) is 54.6 Å². The third-order valence-electron chi connectivity index (χ3n) is 3.65. The van der Waals surface area contributed by atoms with Gasteiger partial charge in [-0.25, -0.2) is 15.0 Å². The second-order valence-electron chi connectivity index (χ2n) is 4.90. The van der Waals surface area contributed by atoms with Gasteiger partial charge in [0.1, 0.15) is 17.5 Å². The zero-order valence-corrected chi connectivity index (χ0v) is 11.4. The summed E-state index contributed by atoms with van der Waals surface area (Å²) in [5.41, 5.74) is 8.48. The summed E-state index contributed by atoms with van der Waals surface area (Å²) in [6.07, 6.45) is 3.00. The molecule has 4 rings (SSSR count). The van der Waals surface area contributed by atoms with E-state index in [4.69, 9.17) is 5.73 Å². The van der Waals surface area contributed by atoms with Crippen molar-refractivity contribution in [3.63, 3.8) is 0 Å². The van der Waals surface area contributed by atoms with Crippen LogP contribution in [0.2, 0.25) is 0 Å². The fourth-order valence-corrected chi connectivity index (χ4v) is 2.68. The summed E-state index contributed by atoms with van der Waals surface area (Å²) in [5.74, 6) is -0.497. The zero-order valence-electron chi connectivity index (χ0n) is 11.4. The molecule has 2 aromatic carbocycles. The summed E-state index contributed by atoms with van der Waals surface area (Å²) >= 11 is 0. The Morgan fingerprint density at radius 2 is 1.91 bits per heavy atom. The van der Waals surface area contributed by atoms with Gasteiger partial charge in [0.05, 0.1) is 6.33 Å². The molecule has 2 heterocycles. The van der Waals surface area contributed by atoms with Crippen LogP contribution in [0.25, 0.3) is 33.2 Å². The van der Waals surface area contributed by atoms with Crippen molar-refractivity contribution < 1.29 is 4.79 Å². The molecule has 106 valence electrons. The third kappa shape index (κ3) is 1.74. The Bertz CT molecular complexity index is 1020. The predicted molar refractivity (Wildman–Crippen MR) is 83.1 cm³/mol. The highest BCUT2D eigenvalue weighted by Crippen LogP contribution is 2.33. The van der Waals surface area contributed by atoms with Crippen molar-refractivity contribution in [2.75, 3.05) is 0 Å². The van der Waals surface area contributed by atoms with Crippen molar-refractivity contribution in [2.45, 2.75) is 0 Å². The summed E-state index contributed by atoms with van der Waals surface area (Å²) in [6.45, 7) is 0. The summed E-state index contributed by atoms with van der Waals surface area (Å²) in [4.78, 5) is 27.6. The van der Waals surface area contributed by atoms with E-state index in [-0.39, 0.29) is 0 Å². The molecule has 0 unspecified atom stereocenters. The second kappa shape index (κ2) is 4.63. The number of carbonyl (C=O) groups excluding carboxylic acids is 1. The minimum absolute atomic E-state index is 0.418. The number of fused-ring (bicyclic) bond motifs is 2. The molecule has 0 fully saturated rings. The monoisotopic (exact) mass is 289 g/mol. The average Bonchev–Trinajstić information content (AvgIpc) is 3.02. The summed E-state index contributed by atoms with van der Waals surface area (Å²) in [6, 6.07) is 11.4. The third-order valence-corrected chi connectivity index (χ3v) is 3.65. The first-order valence-electron chi connectivity index (χ1n) is 6.71. The van der Waals surface area contributed by atoms with Crippen LogP contribution < -0.4 is 5.73 Å². The Morgan fingerprint density at radius 1 is 1.05 bits per heavy atom. The van der Waals surface area contributed by atoms with Gasteiger partial charge in [0, 0.05) is 11.1 Å². The quantitative estimate of drug-likeness (QED) is 0.591. The number of hydrogen-bond donors (Lipinski definition) is 2. The standard InChI is InChI=1S/C16H11N5O/c17-15(22)11-6-5-9-3-1-2-4-10(9)12(11)13-14-16(20-7-18-13)21-8-19-14/h1-8H,(H2,17,22)(H,18,19,20,21). The number of primary amides is 1. The van der Waals surface area contributed by atoms with Gasteiger partial charge in [0.2, 0.25) is 5.91 Å². The molecule has 6 nitrogen and oxygen atoms in total. The van der Waals surface area contributed by atoms with E-state index in [0.29, 0.717) is 28.0 Å². The van der Waals surface area contributed by atoms with E-state index in [1.807, 2.05) is 30.3 Å². The highest BCUT2D eigenvalue weighted by molar-refractivity contribution is 6.11. The molecule has 0 saturated carbocycles. The Hall–Kier alpha value is -3.28. The molecule has 0 bridgehead atoms. The van der Waals surface area contributed by atoms with Crippen molar-refractivity contribution >= 4 is 27.8 Å². The minimum Gasteiger partial charge on any atom is -0.366 e. The van der Waals surface area contributed by atoms with Crippen LogP contribution in [-0.2, 0) is 0 Å². The van der Waals surface area contributed by atoms with Crippen LogP contribution in [0.1, 0.15) is 10.4 Å². The zero-order chi connectivity index (χ0) is 15.1. The van der Waals surface area contributed by atoms with E-state index in [1.54, 1.807) is 12.4 Å². The van der Waals surface area contributed by atoms with Gasteiger partial charge in [-0.1, -0.05) is 30.3 Å². The largest absolute Gasteiger partial charge is 0.366 e. The molecule has 4 aromatic rings. The maximum absolute atomic E-state index is 11.9. The number of carbonyl (C=O) groups is 1. The summed E-state index contributed by atoms with van der Waals surface area (Å²) in [7, 11) is 0. The van der Waals surface area contributed by atoms with Gasteiger partial charge in [-0.2, -0.15) is 0 Å². The van der Waals surface area contributed by atoms with E-state index >= 15 is 0 Å². The number of H-pyrrole nitrogens is 1. The lowest BCUT2D eigenvalue weighted by Gasteiger charge is -2.10. The lowest BCUT2D eigenvalue weighted by Crippen LogP contribution is -2.13. The Kier molecular flexibility index (Phi) is 2.62. The molecule has 1 amide bonds. The Balaban J connectivity index is 2.19. The topological polar surface area (TPSA) is 97.5 Å². The fraction of sp³-hybridized carbons (Fsp3) is 0. The molecular formula is C16H11N5O. The van der Waals surface area contributed by atoms with Gasteiger partial charge in [0.25, 0.3) is 0 Å². The molecule has 0 spiro atoms. The molecule has 0 aliphatic heterocycles. The predicted octanol–water partition coefficient (Wildman–Crippen LogP) is 2.27. The molecule has 0 radical (unpaired) electrons. The average molecular weight is 289 g/mol. The fourth-order valence-electron chi connectivity index (χ4n) is 2.68. The van der Waals surface area contributed by atoms with Crippen molar-refractivity contribution in [1.82, 2.24) is 19.9 Å². The molecule has 0 saturated heterocycles. The van der Waals surface area contributed by atoms with Crippen molar-refractivity contribution in [1.29, 1.82) is 0 Å². The highest BCUT2D eigenvalue weighted by Gasteiger charge is 2.18. The highest BCUT2D eigenvalue weighted by atomic mass is 16.1. The van der Waals surface area contributed by atoms with Gasteiger partial charge in [0.15, 0.2) is 5.65 Å². The van der Waals surface area contributed by atoms with E-state index < -0.39 is 5.91 Å². The molecule has 2 aromatic heterocycles. The van der Waals surface area contributed by atoms with Gasteiger partial charge >= 0.3 is 0 Å². The van der Waals surface area contributed by atoms with Crippen LogP contribution >= 0.6 is 0 Å². The van der Waals surface area contributed by atoms with E-state index in [0.717, 1.165) is 10.8 Å². The number of nitrogens with one attached hydrogen (secondary N) is 1. The van der Waals surface area contributed by atoms with E-state index in [1.165, 1.54) is 6.33 Å². The summed E-state index contributed by atoms with van der Waals surface area (Å²) < 4.78 is 0. The van der Waals surface area contributed by atoms with Gasteiger partial charge in [-0.05, 0) is 16.8 Å². The number of nitrogens with two attached hydrogens (primary N) is 1. The lowest BCUT2D eigenvalue weighted by atomic mass is 9.95. The molecule has 22 heavy (non-hydrogen) atoms. The van der Waals surface area contributed by atoms with Gasteiger partial charge < -0.3 is 10.7 Å². The van der Waals surface area contributed by atoms with Crippen LogP contribution in [0, 0.1) is 0 Å². The number of hydrogen-bond acceptors (Lipinski definition) is 4. The van der Waals surface area contributed by atoms with Crippen molar-refractivity contribution in [2.24, 2.45) is 5.73 Å². The molecule has 3 N–H and O–H groups in total. The number of aromatic nitrogens is 4. The summed E-state index contributed by atoms with van der Waals surface area (Å²) in [5, 5.41) is 1.91. The van der Waals surface area contributed by atoms with Crippen LogP contribution in [0.5, 0.6) is 0 Å². The van der Waals surface area contributed by atoms with Crippen LogP contribution in [0.4, 0.5) is 0 Å². The second-order valence-corrected chi connectivity index (χ2v) is 4.90. The first kappa shape index (κ1) is 12.5. The van der Waals surface area contributed by atoms with Crippen LogP contribution in [0.3, 0.4) is 0 Å². The van der Waals surface area contributed by atoms with Crippen molar-refractivity contribution in [3.8, 4) is 11.3 Å². The SMILES string of the molecule is NC(=O)c1ccc2ccccc2c1-c1ncnc2[nH]cnc12. The van der Waals surface area contributed by atoms with Crippen LogP contribution in [0.15, 0.2) is 49.1 Å². The van der Waals surface area contributed by atoms with E-state index in [2.05, 4.69) is 19.9 Å². The molecular weight excluding hydrogens is 278 g/mol.